The molecule has 0 bridgehead atoms. The van der Waals surface area contributed by atoms with Crippen molar-refractivity contribution in [2.45, 2.75) is 97.0 Å². The van der Waals surface area contributed by atoms with Crippen LogP contribution in [-0.2, 0) is 44.8 Å². The first-order valence-corrected chi connectivity index (χ1v) is 15.5. The van der Waals surface area contributed by atoms with E-state index in [0.29, 0.717) is 31.4 Å². The SMILES string of the molecule is CCOCC(=O)N[C@@H](CCCCNC(=O)CNC(=O)c1cc(COC(C)=O)ccc1O[C@H]1C[C@@H](O)C[C@@H](C(=O)O)O1)C(=O)NC(C)C. The van der Waals surface area contributed by atoms with Gasteiger partial charge in [-0.05, 0) is 57.7 Å². The van der Waals surface area contributed by atoms with Gasteiger partial charge in [-0.1, -0.05) is 6.07 Å². The number of carbonyl (C=O) groups excluding carboxylic acids is 5. The highest BCUT2D eigenvalue weighted by Gasteiger charge is 2.34. The molecule has 4 atom stereocenters. The van der Waals surface area contributed by atoms with Crippen LogP contribution in [0.2, 0.25) is 0 Å². The van der Waals surface area contributed by atoms with Gasteiger partial charge in [-0.15, -0.1) is 0 Å². The third-order valence-electron chi connectivity index (χ3n) is 6.70. The Bertz CT molecular complexity index is 1240. The van der Waals surface area contributed by atoms with Crippen LogP contribution in [0.15, 0.2) is 18.2 Å². The number of amides is 4. The van der Waals surface area contributed by atoms with E-state index in [1.807, 2.05) is 13.8 Å². The first-order valence-electron chi connectivity index (χ1n) is 15.5. The van der Waals surface area contributed by atoms with Gasteiger partial charge in [-0.3, -0.25) is 24.0 Å². The molecule has 1 fully saturated rings. The van der Waals surface area contributed by atoms with Crippen LogP contribution in [0.25, 0.3) is 0 Å². The minimum atomic E-state index is -1.30. The summed E-state index contributed by atoms with van der Waals surface area (Å²) in [5.74, 6) is -3.70. The molecule has 47 heavy (non-hydrogen) atoms. The molecule has 0 spiro atoms. The normalized spacial score (nSPS) is 18.0. The monoisotopic (exact) mass is 666 g/mol. The molecule has 1 saturated heterocycles. The van der Waals surface area contributed by atoms with Crippen LogP contribution >= 0.6 is 0 Å². The summed E-state index contributed by atoms with van der Waals surface area (Å²) in [7, 11) is 0. The van der Waals surface area contributed by atoms with Gasteiger partial charge in [-0.2, -0.15) is 0 Å². The van der Waals surface area contributed by atoms with E-state index in [0.717, 1.165) is 0 Å². The number of nitrogens with one attached hydrogen (secondary N) is 4. The van der Waals surface area contributed by atoms with Crippen molar-refractivity contribution in [2.75, 3.05) is 26.3 Å². The number of carbonyl (C=O) groups is 6. The standard InChI is InChI=1S/C31H46N4O12/c1-5-44-17-27(39)35-23(30(41)34-18(2)3)8-6-7-11-32-26(38)15-33-29(40)22-12-20(16-45-19(4)36)9-10-24(22)46-28-14-21(37)13-25(47-28)31(42)43/h9-10,12,18,21,23,25,28,37H,5-8,11,13-17H2,1-4H3,(H,32,38)(H,33,40)(H,34,41)(H,35,39)(H,42,43)/t21-,23-,25-,28+/m0/s1. The minimum absolute atomic E-state index is 0.00197. The van der Waals surface area contributed by atoms with E-state index in [2.05, 4.69) is 21.3 Å². The second kappa shape index (κ2) is 20.1. The number of esters is 1. The molecule has 1 aromatic carbocycles. The highest BCUT2D eigenvalue weighted by molar-refractivity contribution is 5.99. The molecule has 262 valence electrons. The number of carboxylic acid groups (broad SMARTS) is 1. The number of benzene rings is 1. The zero-order chi connectivity index (χ0) is 34.9. The fourth-order valence-electron chi connectivity index (χ4n) is 4.47. The molecule has 16 heteroatoms. The maximum Gasteiger partial charge on any atom is 0.333 e. The first-order chi connectivity index (χ1) is 22.3. The van der Waals surface area contributed by atoms with Gasteiger partial charge >= 0.3 is 11.9 Å². The van der Waals surface area contributed by atoms with Gasteiger partial charge < -0.3 is 50.4 Å². The maximum absolute atomic E-state index is 13.1. The average molecular weight is 667 g/mol. The molecule has 1 heterocycles. The predicted octanol–water partition coefficient (Wildman–Crippen LogP) is 0.141. The van der Waals surface area contributed by atoms with Crippen LogP contribution in [0.3, 0.4) is 0 Å². The lowest BCUT2D eigenvalue weighted by Gasteiger charge is -2.31. The van der Waals surface area contributed by atoms with Crippen molar-refractivity contribution < 1.29 is 57.9 Å². The molecule has 6 N–H and O–H groups in total. The van der Waals surface area contributed by atoms with E-state index in [-0.39, 0.29) is 62.4 Å². The molecule has 0 unspecified atom stereocenters. The number of aliphatic hydroxyl groups is 1. The van der Waals surface area contributed by atoms with Crippen LogP contribution in [0, 0.1) is 0 Å². The van der Waals surface area contributed by atoms with Gasteiger partial charge in [0.2, 0.25) is 24.0 Å². The lowest BCUT2D eigenvalue weighted by molar-refractivity contribution is -0.195. The van der Waals surface area contributed by atoms with Crippen LogP contribution in [-0.4, -0.2) is 103 Å². The number of unbranched alkanes of at least 4 members (excludes halogenated alkanes) is 1. The van der Waals surface area contributed by atoms with Gasteiger partial charge in [0.05, 0.1) is 18.2 Å². The van der Waals surface area contributed by atoms with E-state index in [1.165, 1.54) is 25.1 Å². The quantitative estimate of drug-likeness (QED) is 0.0856. The molecule has 0 aromatic heterocycles. The zero-order valence-corrected chi connectivity index (χ0v) is 27.2. The highest BCUT2D eigenvalue weighted by Crippen LogP contribution is 2.27. The molecule has 1 aromatic rings. The third kappa shape index (κ3) is 14.8. The van der Waals surface area contributed by atoms with Gasteiger partial charge in [0.15, 0.2) is 6.10 Å². The van der Waals surface area contributed by atoms with E-state index < -0.39 is 54.2 Å². The van der Waals surface area contributed by atoms with Crippen molar-refractivity contribution in [3.8, 4) is 5.75 Å². The van der Waals surface area contributed by atoms with E-state index in [1.54, 1.807) is 6.92 Å². The molecule has 0 saturated carbocycles. The number of hydrogen-bond donors (Lipinski definition) is 6. The summed E-state index contributed by atoms with van der Waals surface area (Å²) in [6.45, 7) is 6.55. The Labute approximate surface area is 273 Å². The maximum atomic E-state index is 13.1. The second-order valence-corrected chi connectivity index (χ2v) is 11.2. The van der Waals surface area contributed by atoms with E-state index in [4.69, 9.17) is 18.9 Å². The Morgan fingerprint density at radius 1 is 1.02 bits per heavy atom. The van der Waals surface area contributed by atoms with Crippen molar-refractivity contribution in [3.05, 3.63) is 29.3 Å². The Morgan fingerprint density at radius 2 is 1.77 bits per heavy atom. The fraction of sp³-hybridized carbons (Fsp3) is 0.613. The molecule has 2 rings (SSSR count). The molecular formula is C31H46N4O12. The molecule has 0 aliphatic carbocycles. The molecule has 4 amide bonds. The second-order valence-electron chi connectivity index (χ2n) is 11.2. The lowest BCUT2D eigenvalue weighted by Crippen LogP contribution is -2.49. The Morgan fingerprint density at radius 3 is 2.43 bits per heavy atom. The van der Waals surface area contributed by atoms with Gasteiger partial charge in [-0.25, -0.2) is 4.79 Å². The minimum Gasteiger partial charge on any atom is -0.479 e. The van der Waals surface area contributed by atoms with Crippen molar-refractivity contribution in [1.82, 2.24) is 21.3 Å². The summed E-state index contributed by atoms with van der Waals surface area (Å²) in [6.07, 6.45) is -2.27. The smallest absolute Gasteiger partial charge is 0.333 e. The molecular weight excluding hydrogens is 620 g/mol. The van der Waals surface area contributed by atoms with Crippen LogP contribution < -0.4 is 26.0 Å². The van der Waals surface area contributed by atoms with E-state index in [9.17, 15) is 39.0 Å². The largest absolute Gasteiger partial charge is 0.479 e. The van der Waals surface area contributed by atoms with Gasteiger partial charge in [0.25, 0.3) is 5.91 Å². The summed E-state index contributed by atoms with van der Waals surface area (Å²) < 4.78 is 21.3. The summed E-state index contributed by atoms with van der Waals surface area (Å²) >= 11 is 0. The summed E-state index contributed by atoms with van der Waals surface area (Å²) in [5.41, 5.74) is 0.416. The van der Waals surface area contributed by atoms with Crippen LogP contribution in [0.4, 0.5) is 0 Å². The molecule has 16 nitrogen and oxygen atoms in total. The molecule has 0 radical (unpaired) electrons. The molecule has 1 aliphatic heterocycles. The number of rotatable bonds is 19. The number of hydrogen-bond acceptors (Lipinski definition) is 11. The third-order valence-corrected chi connectivity index (χ3v) is 6.70. The van der Waals surface area contributed by atoms with Crippen molar-refractivity contribution in [3.63, 3.8) is 0 Å². The zero-order valence-electron chi connectivity index (χ0n) is 27.2. The van der Waals surface area contributed by atoms with Crippen molar-refractivity contribution in [1.29, 1.82) is 0 Å². The average Bonchev–Trinajstić information content (AvgIpc) is 3.00. The summed E-state index contributed by atoms with van der Waals surface area (Å²) in [5, 5.41) is 30.0. The van der Waals surface area contributed by atoms with Crippen LogP contribution in [0.1, 0.15) is 75.7 Å². The predicted molar refractivity (Wildman–Crippen MR) is 165 cm³/mol. The number of aliphatic carboxylic acids is 1. The Balaban J connectivity index is 1.94. The summed E-state index contributed by atoms with van der Waals surface area (Å²) in [4.78, 5) is 72.9. The van der Waals surface area contributed by atoms with E-state index >= 15 is 0 Å². The van der Waals surface area contributed by atoms with Gasteiger partial charge in [0.1, 0.15) is 25.0 Å². The van der Waals surface area contributed by atoms with Crippen molar-refractivity contribution in [2.24, 2.45) is 0 Å². The number of aliphatic hydroxyl groups excluding tert-OH is 1. The number of carboxylic acids is 1. The Kier molecular flexibility index (Phi) is 16.6. The molecule has 1 aliphatic rings. The summed E-state index contributed by atoms with van der Waals surface area (Å²) in [6, 6.07) is 3.49. The highest BCUT2D eigenvalue weighted by atomic mass is 16.7. The number of ether oxygens (including phenoxy) is 4. The first kappa shape index (κ1) is 38.9. The Hall–Kier alpha value is -4.28. The topological polar surface area (TPSA) is 228 Å². The van der Waals surface area contributed by atoms with Crippen LogP contribution in [0.5, 0.6) is 5.75 Å². The lowest BCUT2D eigenvalue weighted by atomic mass is 10.0. The van der Waals surface area contributed by atoms with Gasteiger partial charge in [0, 0.05) is 39.0 Å². The fourth-order valence-corrected chi connectivity index (χ4v) is 4.47. The van der Waals surface area contributed by atoms with Crippen molar-refractivity contribution >= 4 is 35.6 Å².